The van der Waals surface area contributed by atoms with Crippen LogP contribution < -0.4 is 0 Å². The van der Waals surface area contributed by atoms with Crippen LogP contribution in [0.1, 0.15) is 13.3 Å². The third-order valence-electron chi connectivity index (χ3n) is 0.401. The molecule has 0 atom stereocenters. The first-order chi connectivity index (χ1) is 4.56. The standard InChI is InChI=1S/C3H5Cl3.CCl4/c1-2-3(4,5)6;2-1(3,4)5/h2H2,1H3;. The molecular formula is C4H5Cl7. The third kappa shape index (κ3) is 47.8. The molecule has 0 saturated heterocycles. The van der Waals surface area contributed by atoms with Crippen molar-refractivity contribution in [1.82, 2.24) is 0 Å². The van der Waals surface area contributed by atoms with Gasteiger partial charge in [0.05, 0.1) is 0 Å². The van der Waals surface area contributed by atoms with Gasteiger partial charge in [0.1, 0.15) is 0 Å². The van der Waals surface area contributed by atoms with E-state index in [0.717, 1.165) is 0 Å². The maximum absolute atomic E-state index is 5.25. The Morgan fingerprint density at radius 2 is 0.909 bits per heavy atom. The molecule has 70 valence electrons. The summed E-state index contributed by atoms with van der Waals surface area (Å²) in [5.41, 5.74) is 0. The zero-order chi connectivity index (χ0) is 9.71. The van der Waals surface area contributed by atoms with Crippen molar-refractivity contribution in [3.63, 3.8) is 0 Å². The predicted octanol–water partition coefficient (Wildman–Crippen LogP) is 5.32. The van der Waals surface area contributed by atoms with Crippen LogP contribution in [-0.4, -0.2) is 7.04 Å². The average molecular weight is 301 g/mol. The molecular weight excluding hydrogens is 296 g/mol. The van der Waals surface area contributed by atoms with Crippen LogP contribution in [0.4, 0.5) is 0 Å². The fourth-order valence-corrected chi connectivity index (χ4v) is 0. The van der Waals surface area contributed by atoms with Crippen LogP contribution in [0.25, 0.3) is 0 Å². The van der Waals surface area contributed by atoms with Gasteiger partial charge in [0.15, 0.2) is 3.79 Å². The van der Waals surface area contributed by atoms with E-state index in [1.807, 2.05) is 6.92 Å². The summed E-state index contributed by atoms with van der Waals surface area (Å²) >= 11 is 35.1. The Bertz CT molecular complexity index is 81.6. The molecule has 0 aromatic carbocycles. The Balaban J connectivity index is 0. The van der Waals surface area contributed by atoms with Gasteiger partial charge in [-0.25, -0.2) is 0 Å². The molecule has 0 spiro atoms. The monoisotopic (exact) mass is 298 g/mol. The van der Waals surface area contributed by atoms with Crippen LogP contribution in [0.5, 0.6) is 0 Å². The zero-order valence-electron chi connectivity index (χ0n) is 5.35. The molecule has 0 rings (SSSR count). The number of hydrogen-bond donors (Lipinski definition) is 0. The second kappa shape index (κ2) is 6.48. The zero-order valence-corrected chi connectivity index (χ0v) is 10.6. The van der Waals surface area contributed by atoms with Crippen molar-refractivity contribution in [3.05, 3.63) is 0 Å². The minimum absolute atomic E-state index is 0.567. The van der Waals surface area contributed by atoms with E-state index in [2.05, 4.69) is 0 Å². The van der Waals surface area contributed by atoms with Crippen LogP contribution in [0.2, 0.25) is 0 Å². The number of alkyl halides is 7. The van der Waals surface area contributed by atoms with Crippen molar-refractivity contribution in [2.45, 2.75) is 20.4 Å². The largest absolute Gasteiger partial charge is 0.266 e. The predicted molar refractivity (Wildman–Crippen MR) is 56.7 cm³/mol. The minimum Gasteiger partial charge on any atom is -0.0837 e. The molecule has 0 radical (unpaired) electrons. The molecule has 0 unspecified atom stereocenters. The van der Waals surface area contributed by atoms with Gasteiger partial charge in [0, 0.05) is 0 Å². The van der Waals surface area contributed by atoms with Gasteiger partial charge >= 0.3 is 0 Å². The Morgan fingerprint density at radius 1 is 0.818 bits per heavy atom. The van der Waals surface area contributed by atoms with Crippen molar-refractivity contribution >= 4 is 81.2 Å². The van der Waals surface area contributed by atoms with Gasteiger partial charge in [0.25, 0.3) is 3.25 Å². The summed E-state index contributed by atoms with van der Waals surface area (Å²) in [5.74, 6) is 0. The molecule has 11 heavy (non-hydrogen) atoms. The molecule has 0 aliphatic carbocycles. The number of hydrogen-bond acceptors (Lipinski definition) is 0. The molecule has 0 N–H and O–H groups in total. The summed E-state index contributed by atoms with van der Waals surface area (Å²) in [6, 6.07) is 0. The average Bonchev–Trinajstić information content (AvgIpc) is 1.59. The van der Waals surface area contributed by atoms with E-state index in [4.69, 9.17) is 81.2 Å². The molecule has 0 aromatic heterocycles. The van der Waals surface area contributed by atoms with E-state index in [9.17, 15) is 0 Å². The molecule has 7 heteroatoms. The SMILES string of the molecule is CCC(Cl)(Cl)Cl.ClC(Cl)(Cl)Cl. The van der Waals surface area contributed by atoms with Crippen molar-refractivity contribution in [2.75, 3.05) is 0 Å². The Hall–Kier alpha value is 2.03. The molecule has 0 aromatic rings. The first-order valence-electron chi connectivity index (χ1n) is 2.38. The summed E-state index contributed by atoms with van der Waals surface area (Å²) in [7, 11) is 0. The summed E-state index contributed by atoms with van der Waals surface area (Å²) in [5, 5.41) is 0. The van der Waals surface area contributed by atoms with Crippen molar-refractivity contribution < 1.29 is 0 Å². The van der Waals surface area contributed by atoms with E-state index in [1.54, 1.807) is 0 Å². The highest BCUT2D eigenvalue weighted by atomic mass is 35.6. The van der Waals surface area contributed by atoms with Crippen molar-refractivity contribution in [3.8, 4) is 0 Å². The van der Waals surface area contributed by atoms with Gasteiger partial charge in [-0.05, 0) is 6.42 Å². The van der Waals surface area contributed by atoms with E-state index in [1.165, 1.54) is 0 Å². The molecule has 0 heterocycles. The quantitative estimate of drug-likeness (QED) is 0.531. The Labute approximate surface area is 101 Å². The van der Waals surface area contributed by atoms with Gasteiger partial charge in [-0.1, -0.05) is 88.1 Å². The van der Waals surface area contributed by atoms with Crippen LogP contribution in [0.3, 0.4) is 0 Å². The van der Waals surface area contributed by atoms with E-state index >= 15 is 0 Å². The minimum atomic E-state index is -1.61. The van der Waals surface area contributed by atoms with Crippen LogP contribution in [0.15, 0.2) is 0 Å². The van der Waals surface area contributed by atoms with Crippen molar-refractivity contribution in [2.24, 2.45) is 0 Å². The Kier molecular flexibility index (Phi) is 9.13. The first-order valence-corrected chi connectivity index (χ1v) is 5.03. The van der Waals surface area contributed by atoms with E-state index in [0.29, 0.717) is 6.42 Å². The first kappa shape index (κ1) is 15.5. The van der Waals surface area contributed by atoms with E-state index in [-0.39, 0.29) is 0 Å². The lowest BCUT2D eigenvalue weighted by Gasteiger charge is -2.02. The Morgan fingerprint density at radius 3 is 0.909 bits per heavy atom. The molecule has 0 aliphatic heterocycles. The van der Waals surface area contributed by atoms with Gasteiger partial charge in [0.2, 0.25) is 0 Å². The van der Waals surface area contributed by atoms with E-state index < -0.39 is 7.04 Å². The third-order valence-corrected chi connectivity index (χ3v) is 1.20. The number of halogens is 7. The van der Waals surface area contributed by atoms with Gasteiger partial charge in [-0.2, -0.15) is 0 Å². The highest BCUT2D eigenvalue weighted by molar-refractivity contribution is 6.83. The smallest absolute Gasteiger partial charge is 0.0837 e. The summed E-state index contributed by atoms with van der Waals surface area (Å²) in [6.45, 7) is 1.81. The highest BCUT2D eigenvalue weighted by Crippen LogP contribution is 2.30. The summed E-state index contributed by atoms with van der Waals surface area (Å²) in [6.07, 6.45) is 0.567. The van der Waals surface area contributed by atoms with Crippen LogP contribution in [-0.2, 0) is 0 Å². The maximum Gasteiger partial charge on any atom is 0.266 e. The lowest BCUT2D eigenvalue weighted by molar-refractivity contribution is 0.974. The summed E-state index contributed by atoms with van der Waals surface area (Å²) < 4.78 is -2.65. The van der Waals surface area contributed by atoms with Crippen LogP contribution >= 0.6 is 81.2 Å². The number of rotatable bonds is 0. The van der Waals surface area contributed by atoms with Crippen LogP contribution in [0, 0.1) is 0 Å². The highest BCUT2D eigenvalue weighted by Gasteiger charge is 2.14. The lowest BCUT2D eigenvalue weighted by atomic mass is 10.6. The molecule has 0 nitrogen and oxygen atoms in total. The van der Waals surface area contributed by atoms with Gasteiger partial charge in [-0.15, -0.1) is 0 Å². The summed E-state index contributed by atoms with van der Waals surface area (Å²) in [4.78, 5) is 0. The molecule has 0 bridgehead atoms. The topological polar surface area (TPSA) is 0 Å². The molecule has 0 amide bonds. The molecule has 0 saturated carbocycles. The lowest BCUT2D eigenvalue weighted by Crippen LogP contribution is -1.95. The fraction of sp³-hybridized carbons (Fsp3) is 1.00. The molecule has 0 fully saturated rings. The van der Waals surface area contributed by atoms with Gasteiger partial charge < -0.3 is 0 Å². The fourth-order valence-electron chi connectivity index (χ4n) is 0. The maximum atomic E-state index is 5.25. The molecule has 0 aliphatic rings. The second-order valence-corrected chi connectivity index (χ2v) is 7.34. The van der Waals surface area contributed by atoms with Crippen molar-refractivity contribution in [1.29, 1.82) is 0 Å². The normalized spacial score (nSPS) is 12.0. The van der Waals surface area contributed by atoms with Gasteiger partial charge in [-0.3, -0.25) is 0 Å². The second-order valence-electron chi connectivity index (χ2n) is 1.40.